The summed E-state index contributed by atoms with van der Waals surface area (Å²) in [6.07, 6.45) is 5.99. The highest BCUT2D eigenvalue weighted by Gasteiger charge is 2.28. The number of benzene rings is 1. The SMILES string of the molecule is O=C(Cc1cccc2cnccc12)N1CCC(c2nnc3n2CCNC3)CC1. The summed E-state index contributed by atoms with van der Waals surface area (Å²) >= 11 is 0. The van der Waals surface area contributed by atoms with Crippen LogP contribution in [0.3, 0.4) is 0 Å². The smallest absolute Gasteiger partial charge is 0.227 e. The van der Waals surface area contributed by atoms with Gasteiger partial charge in [0.25, 0.3) is 0 Å². The van der Waals surface area contributed by atoms with E-state index in [4.69, 9.17) is 0 Å². The summed E-state index contributed by atoms with van der Waals surface area (Å²) in [5, 5.41) is 14.3. The number of carbonyl (C=O) groups is 1. The number of carbonyl (C=O) groups excluding carboxylic acids is 1. The second kappa shape index (κ2) is 7.31. The molecule has 0 unspecified atom stereocenters. The van der Waals surface area contributed by atoms with Gasteiger partial charge in [0.1, 0.15) is 11.6 Å². The van der Waals surface area contributed by atoms with Crippen molar-refractivity contribution < 1.29 is 4.79 Å². The van der Waals surface area contributed by atoms with Gasteiger partial charge in [0.05, 0.1) is 13.0 Å². The average molecular weight is 376 g/mol. The molecule has 2 aromatic heterocycles. The van der Waals surface area contributed by atoms with E-state index in [1.807, 2.05) is 35.4 Å². The van der Waals surface area contributed by atoms with Crippen LogP contribution in [0.5, 0.6) is 0 Å². The van der Waals surface area contributed by atoms with Crippen LogP contribution >= 0.6 is 0 Å². The van der Waals surface area contributed by atoms with Crippen molar-refractivity contribution in [2.24, 2.45) is 0 Å². The zero-order valence-corrected chi connectivity index (χ0v) is 15.8. The highest BCUT2D eigenvalue weighted by atomic mass is 16.2. The molecule has 7 nitrogen and oxygen atoms in total. The van der Waals surface area contributed by atoms with Gasteiger partial charge in [-0.2, -0.15) is 0 Å². The largest absolute Gasteiger partial charge is 0.342 e. The molecule has 3 aromatic rings. The molecule has 0 radical (unpaired) electrons. The van der Waals surface area contributed by atoms with E-state index < -0.39 is 0 Å². The van der Waals surface area contributed by atoms with Crippen molar-refractivity contribution >= 4 is 16.7 Å². The second-order valence-corrected chi connectivity index (χ2v) is 7.65. The minimum absolute atomic E-state index is 0.204. The monoisotopic (exact) mass is 376 g/mol. The highest BCUT2D eigenvalue weighted by molar-refractivity contribution is 5.89. The molecule has 0 spiro atoms. The van der Waals surface area contributed by atoms with Gasteiger partial charge in [-0.25, -0.2) is 0 Å². The first-order valence-corrected chi connectivity index (χ1v) is 10.0. The fraction of sp³-hybridized carbons (Fsp3) is 0.429. The second-order valence-electron chi connectivity index (χ2n) is 7.65. The lowest BCUT2D eigenvalue weighted by atomic mass is 9.95. The molecular weight excluding hydrogens is 352 g/mol. The maximum absolute atomic E-state index is 12.9. The Morgan fingerprint density at radius 2 is 2.04 bits per heavy atom. The Balaban J connectivity index is 1.25. The summed E-state index contributed by atoms with van der Waals surface area (Å²) in [7, 11) is 0. The summed E-state index contributed by atoms with van der Waals surface area (Å²) < 4.78 is 2.27. The van der Waals surface area contributed by atoms with E-state index >= 15 is 0 Å². The number of nitrogens with zero attached hydrogens (tertiary/aromatic N) is 5. The molecule has 4 heterocycles. The zero-order chi connectivity index (χ0) is 18.9. The predicted molar refractivity (Wildman–Crippen MR) is 106 cm³/mol. The molecule has 144 valence electrons. The van der Waals surface area contributed by atoms with Gasteiger partial charge in [0.2, 0.25) is 5.91 Å². The van der Waals surface area contributed by atoms with Crippen LogP contribution in [0.1, 0.15) is 36.0 Å². The number of aromatic nitrogens is 4. The Morgan fingerprint density at radius 1 is 1.14 bits per heavy atom. The highest BCUT2D eigenvalue weighted by Crippen LogP contribution is 2.28. The van der Waals surface area contributed by atoms with Gasteiger partial charge in [-0.05, 0) is 29.9 Å². The lowest BCUT2D eigenvalue weighted by molar-refractivity contribution is -0.131. The molecule has 1 fully saturated rings. The Kier molecular flexibility index (Phi) is 4.52. The fourth-order valence-corrected chi connectivity index (χ4v) is 4.42. The molecule has 1 aromatic carbocycles. The third kappa shape index (κ3) is 3.16. The summed E-state index contributed by atoms with van der Waals surface area (Å²) in [5.41, 5.74) is 1.08. The molecule has 0 saturated carbocycles. The van der Waals surface area contributed by atoms with Crippen LogP contribution in [0, 0.1) is 0 Å². The van der Waals surface area contributed by atoms with Gasteiger partial charge < -0.3 is 14.8 Å². The van der Waals surface area contributed by atoms with Crippen molar-refractivity contribution in [3.63, 3.8) is 0 Å². The predicted octanol–water partition coefficient (Wildman–Crippen LogP) is 1.88. The van der Waals surface area contributed by atoms with Crippen LogP contribution in [0.15, 0.2) is 36.7 Å². The fourth-order valence-electron chi connectivity index (χ4n) is 4.42. The maximum Gasteiger partial charge on any atom is 0.227 e. The van der Waals surface area contributed by atoms with Crippen LogP contribution in [-0.4, -0.2) is 50.2 Å². The quantitative estimate of drug-likeness (QED) is 0.755. The van der Waals surface area contributed by atoms with Crippen LogP contribution in [0.4, 0.5) is 0 Å². The molecule has 5 rings (SSSR count). The lowest BCUT2D eigenvalue weighted by Crippen LogP contribution is -2.39. The Morgan fingerprint density at radius 3 is 2.93 bits per heavy atom. The molecule has 7 heteroatoms. The summed E-state index contributed by atoms with van der Waals surface area (Å²) in [4.78, 5) is 19.1. The minimum Gasteiger partial charge on any atom is -0.342 e. The molecule has 1 amide bonds. The molecule has 28 heavy (non-hydrogen) atoms. The zero-order valence-electron chi connectivity index (χ0n) is 15.8. The van der Waals surface area contributed by atoms with Crippen molar-refractivity contribution in [1.29, 1.82) is 0 Å². The van der Waals surface area contributed by atoms with Crippen LogP contribution in [0.25, 0.3) is 10.8 Å². The minimum atomic E-state index is 0.204. The molecule has 2 aliphatic rings. The van der Waals surface area contributed by atoms with Crippen molar-refractivity contribution in [2.75, 3.05) is 19.6 Å². The van der Waals surface area contributed by atoms with E-state index in [2.05, 4.69) is 25.1 Å². The van der Waals surface area contributed by atoms with E-state index in [9.17, 15) is 4.79 Å². The first kappa shape index (κ1) is 17.3. The van der Waals surface area contributed by atoms with Gasteiger partial charge in [0.15, 0.2) is 0 Å². The molecule has 1 N–H and O–H groups in total. The van der Waals surface area contributed by atoms with Gasteiger partial charge in [-0.1, -0.05) is 18.2 Å². The first-order valence-electron chi connectivity index (χ1n) is 10.0. The van der Waals surface area contributed by atoms with Crippen LogP contribution in [-0.2, 0) is 24.3 Å². The summed E-state index contributed by atoms with van der Waals surface area (Å²) in [6.45, 7) is 4.28. The van der Waals surface area contributed by atoms with E-state index in [1.54, 1.807) is 6.20 Å². The Hall–Kier alpha value is -2.80. The third-order valence-corrected chi connectivity index (χ3v) is 5.98. The van der Waals surface area contributed by atoms with Gasteiger partial charge in [0, 0.05) is 49.9 Å². The average Bonchev–Trinajstić information content (AvgIpc) is 3.18. The van der Waals surface area contributed by atoms with E-state index in [0.29, 0.717) is 12.3 Å². The molecular formula is C21H24N6O. The number of pyridine rings is 1. The number of piperidine rings is 1. The van der Waals surface area contributed by atoms with Crippen molar-refractivity contribution in [1.82, 2.24) is 30.0 Å². The third-order valence-electron chi connectivity index (χ3n) is 5.98. The topological polar surface area (TPSA) is 75.9 Å². The maximum atomic E-state index is 12.9. The number of amides is 1. The van der Waals surface area contributed by atoms with E-state index in [1.165, 1.54) is 0 Å². The van der Waals surface area contributed by atoms with Crippen LogP contribution < -0.4 is 5.32 Å². The number of nitrogens with one attached hydrogen (secondary N) is 1. The number of fused-ring (bicyclic) bond motifs is 2. The van der Waals surface area contributed by atoms with Crippen LogP contribution in [0.2, 0.25) is 0 Å². The van der Waals surface area contributed by atoms with Gasteiger partial charge in [-0.15, -0.1) is 10.2 Å². The number of hydrogen-bond acceptors (Lipinski definition) is 5. The van der Waals surface area contributed by atoms with E-state index in [0.717, 1.165) is 73.6 Å². The van der Waals surface area contributed by atoms with Crippen molar-refractivity contribution in [3.05, 3.63) is 53.9 Å². The molecule has 0 aliphatic carbocycles. The van der Waals surface area contributed by atoms with Crippen molar-refractivity contribution in [3.8, 4) is 0 Å². The number of likely N-dealkylation sites (tertiary alicyclic amines) is 1. The lowest BCUT2D eigenvalue weighted by Gasteiger charge is -2.32. The van der Waals surface area contributed by atoms with Crippen molar-refractivity contribution in [2.45, 2.75) is 38.3 Å². The Bertz CT molecular complexity index is 1000. The standard InChI is InChI=1S/C21H24N6O/c28-20(12-16-2-1-3-17-13-22-7-4-18(16)17)26-9-5-15(6-10-26)21-25-24-19-14-23-8-11-27(19)21/h1-4,7,13,15,23H,5-6,8-12,14H2. The van der Waals surface area contributed by atoms with Gasteiger partial charge >= 0.3 is 0 Å². The molecule has 0 bridgehead atoms. The normalized spacial score (nSPS) is 17.6. The number of rotatable bonds is 3. The molecule has 2 aliphatic heterocycles. The van der Waals surface area contributed by atoms with Gasteiger partial charge in [-0.3, -0.25) is 9.78 Å². The molecule has 0 atom stereocenters. The Labute approximate surface area is 163 Å². The summed E-state index contributed by atoms with van der Waals surface area (Å²) in [6, 6.07) is 8.08. The first-order chi connectivity index (χ1) is 13.8. The summed E-state index contributed by atoms with van der Waals surface area (Å²) in [5.74, 6) is 2.73. The number of hydrogen-bond donors (Lipinski definition) is 1. The van der Waals surface area contributed by atoms with E-state index in [-0.39, 0.29) is 5.91 Å². The molecule has 1 saturated heterocycles.